The summed E-state index contributed by atoms with van der Waals surface area (Å²) in [7, 11) is 0. The van der Waals surface area contributed by atoms with Crippen LogP contribution in [0.2, 0.25) is 0 Å². The predicted molar refractivity (Wildman–Crippen MR) is 59.4 cm³/mol. The number of imidazole rings is 1. The summed E-state index contributed by atoms with van der Waals surface area (Å²) >= 11 is 0. The molecule has 1 rings (SSSR count). The maximum Gasteiger partial charge on any atom is 0.0931 e. The highest BCUT2D eigenvalue weighted by molar-refractivity contribution is 5.58. The largest absolute Gasteiger partial charge is 0.345 e. The molecule has 0 saturated heterocycles. The van der Waals surface area contributed by atoms with Gasteiger partial charge in [0.05, 0.1) is 17.7 Å². The van der Waals surface area contributed by atoms with Gasteiger partial charge < -0.3 is 4.98 Å². The molecule has 72 valence electrons. The van der Waals surface area contributed by atoms with Crippen molar-refractivity contribution in [3.63, 3.8) is 0 Å². The Morgan fingerprint density at radius 3 is 2.31 bits per heavy atom. The Morgan fingerprint density at radius 2 is 1.77 bits per heavy atom. The summed E-state index contributed by atoms with van der Waals surface area (Å²) in [4.78, 5) is 7.17. The SMILES string of the molecule is C/C=C\c1nc[nH]c1/C=C\C.CC. The second-order valence-electron chi connectivity index (χ2n) is 2.20. The number of allylic oxidation sites excluding steroid dienone is 2. The average molecular weight is 178 g/mol. The monoisotopic (exact) mass is 178 g/mol. The first-order chi connectivity index (χ1) is 6.38. The highest BCUT2D eigenvalue weighted by atomic mass is 14.9. The van der Waals surface area contributed by atoms with Crippen molar-refractivity contribution in [1.29, 1.82) is 0 Å². The van der Waals surface area contributed by atoms with Crippen molar-refractivity contribution in [3.8, 4) is 0 Å². The Morgan fingerprint density at radius 1 is 1.15 bits per heavy atom. The molecule has 0 aromatic carbocycles. The van der Waals surface area contributed by atoms with Crippen LogP contribution >= 0.6 is 0 Å². The first kappa shape index (κ1) is 11.7. The van der Waals surface area contributed by atoms with Crippen molar-refractivity contribution in [3.05, 3.63) is 29.9 Å². The smallest absolute Gasteiger partial charge is 0.0931 e. The molecule has 0 amide bonds. The van der Waals surface area contributed by atoms with E-state index in [9.17, 15) is 0 Å². The molecule has 0 bridgehead atoms. The minimum absolute atomic E-state index is 0.991. The van der Waals surface area contributed by atoms with Crippen LogP contribution < -0.4 is 0 Å². The van der Waals surface area contributed by atoms with Gasteiger partial charge in [0, 0.05) is 0 Å². The van der Waals surface area contributed by atoms with Gasteiger partial charge in [-0.3, -0.25) is 0 Å². The normalized spacial score (nSPS) is 10.5. The molecular weight excluding hydrogens is 160 g/mol. The molecule has 1 aromatic rings. The van der Waals surface area contributed by atoms with Crippen molar-refractivity contribution < 1.29 is 0 Å². The first-order valence-corrected chi connectivity index (χ1v) is 4.67. The van der Waals surface area contributed by atoms with Crippen LogP contribution in [-0.2, 0) is 0 Å². The lowest BCUT2D eigenvalue weighted by molar-refractivity contribution is 1.30. The maximum absolute atomic E-state index is 4.13. The van der Waals surface area contributed by atoms with Crippen LogP contribution in [0.4, 0.5) is 0 Å². The molecule has 0 aliphatic heterocycles. The van der Waals surface area contributed by atoms with Crippen LogP contribution in [0.3, 0.4) is 0 Å². The van der Waals surface area contributed by atoms with Gasteiger partial charge in [-0.25, -0.2) is 4.98 Å². The Hall–Kier alpha value is -1.31. The van der Waals surface area contributed by atoms with Gasteiger partial charge in [0.15, 0.2) is 0 Å². The molecule has 2 heteroatoms. The summed E-state index contributed by atoms with van der Waals surface area (Å²) in [5.74, 6) is 0. The summed E-state index contributed by atoms with van der Waals surface area (Å²) in [5, 5.41) is 0. The molecule has 0 saturated carbocycles. The van der Waals surface area contributed by atoms with Gasteiger partial charge >= 0.3 is 0 Å². The van der Waals surface area contributed by atoms with Crippen LogP contribution in [0, 0.1) is 0 Å². The van der Waals surface area contributed by atoms with E-state index in [0.717, 1.165) is 11.4 Å². The fraction of sp³-hybridized carbons (Fsp3) is 0.364. The van der Waals surface area contributed by atoms with Gasteiger partial charge in [-0.15, -0.1) is 0 Å². The number of H-pyrrole nitrogens is 1. The topological polar surface area (TPSA) is 28.7 Å². The van der Waals surface area contributed by atoms with E-state index in [0.29, 0.717) is 0 Å². The predicted octanol–water partition coefficient (Wildman–Crippen LogP) is 3.50. The lowest BCUT2D eigenvalue weighted by atomic mass is 10.3. The maximum atomic E-state index is 4.13. The minimum Gasteiger partial charge on any atom is -0.345 e. The Labute approximate surface area is 80.4 Å². The van der Waals surface area contributed by atoms with Gasteiger partial charge in [-0.2, -0.15) is 0 Å². The zero-order chi connectivity index (χ0) is 10.1. The van der Waals surface area contributed by atoms with Crippen molar-refractivity contribution >= 4 is 12.2 Å². The molecule has 0 fully saturated rings. The van der Waals surface area contributed by atoms with Gasteiger partial charge in [-0.05, 0) is 26.0 Å². The van der Waals surface area contributed by atoms with Gasteiger partial charge in [0.1, 0.15) is 0 Å². The number of aromatic nitrogens is 2. The lowest BCUT2D eigenvalue weighted by Gasteiger charge is -1.87. The summed E-state index contributed by atoms with van der Waals surface area (Å²) in [6.45, 7) is 7.97. The molecule has 1 aromatic heterocycles. The van der Waals surface area contributed by atoms with Crippen molar-refractivity contribution in [2.24, 2.45) is 0 Å². The Balaban J connectivity index is 0.000000671. The van der Waals surface area contributed by atoms with E-state index in [-0.39, 0.29) is 0 Å². The fourth-order valence-electron chi connectivity index (χ4n) is 0.906. The number of hydrogen-bond acceptors (Lipinski definition) is 1. The van der Waals surface area contributed by atoms with Crippen LogP contribution in [0.5, 0.6) is 0 Å². The van der Waals surface area contributed by atoms with Gasteiger partial charge in [0.2, 0.25) is 0 Å². The highest BCUT2D eigenvalue weighted by Crippen LogP contribution is 2.06. The van der Waals surface area contributed by atoms with Crippen molar-refractivity contribution in [1.82, 2.24) is 9.97 Å². The fourth-order valence-corrected chi connectivity index (χ4v) is 0.906. The number of rotatable bonds is 2. The van der Waals surface area contributed by atoms with E-state index in [1.807, 2.05) is 52.0 Å². The van der Waals surface area contributed by atoms with Gasteiger partial charge in [0.25, 0.3) is 0 Å². The third-order valence-corrected chi connectivity index (χ3v) is 1.36. The van der Waals surface area contributed by atoms with Crippen LogP contribution in [0.25, 0.3) is 12.2 Å². The number of nitrogens with zero attached hydrogens (tertiary/aromatic N) is 1. The lowest BCUT2D eigenvalue weighted by Crippen LogP contribution is -1.75. The summed E-state index contributed by atoms with van der Waals surface area (Å²) in [6.07, 6.45) is 9.64. The molecular formula is C11H18N2. The van der Waals surface area contributed by atoms with E-state index in [1.54, 1.807) is 6.33 Å². The van der Waals surface area contributed by atoms with E-state index >= 15 is 0 Å². The van der Waals surface area contributed by atoms with Crippen molar-refractivity contribution in [2.45, 2.75) is 27.7 Å². The standard InChI is InChI=1S/C9H12N2.C2H6/c1-3-5-8-9(6-4-2)11-7-10-8;1-2/h3-7H,1-2H3,(H,10,11);1-2H3/b5-3-,6-4-;. The quantitative estimate of drug-likeness (QED) is 0.737. The number of aromatic amines is 1. The van der Waals surface area contributed by atoms with Crippen molar-refractivity contribution in [2.75, 3.05) is 0 Å². The average Bonchev–Trinajstić information content (AvgIpc) is 2.58. The summed E-state index contributed by atoms with van der Waals surface area (Å²) in [6, 6.07) is 0. The summed E-state index contributed by atoms with van der Waals surface area (Å²) in [5.41, 5.74) is 2.05. The van der Waals surface area contributed by atoms with Gasteiger partial charge in [-0.1, -0.05) is 26.0 Å². The van der Waals surface area contributed by atoms with E-state index in [4.69, 9.17) is 0 Å². The van der Waals surface area contributed by atoms with Crippen LogP contribution in [0.15, 0.2) is 18.5 Å². The third-order valence-electron chi connectivity index (χ3n) is 1.36. The zero-order valence-electron chi connectivity index (χ0n) is 8.83. The van der Waals surface area contributed by atoms with E-state index in [2.05, 4.69) is 9.97 Å². The molecule has 1 N–H and O–H groups in total. The molecule has 0 unspecified atom stereocenters. The molecule has 0 radical (unpaired) electrons. The number of nitrogens with one attached hydrogen (secondary N) is 1. The second kappa shape index (κ2) is 7.35. The molecule has 1 heterocycles. The molecule has 0 aliphatic carbocycles. The molecule has 0 spiro atoms. The minimum atomic E-state index is 0.991. The number of hydrogen-bond donors (Lipinski definition) is 1. The first-order valence-electron chi connectivity index (χ1n) is 4.67. The molecule has 0 atom stereocenters. The summed E-state index contributed by atoms with van der Waals surface area (Å²) < 4.78 is 0. The second-order valence-corrected chi connectivity index (χ2v) is 2.20. The van der Waals surface area contributed by atoms with E-state index < -0.39 is 0 Å². The Kier molecular flexibility index (Phi) is 6.60. The molecule has 0 aliphatic rings. The zero-order valence-corrected chi connectivity index (χ0v) is 8.83. The molecule has 13 heavy (non-hydrogen) atoms. The third kappa shape index (κ3) is 3.74. The molecule has 2 nitrogen and oxygen atoms in total. The van der Waals surface area contributed by atoms with Crippen LogP contribution in [-0.4, -0.2) is 9.97 Å². The Bertz CT molecular complexity index is 243. The highest BCUT2D eigenvalue weighted by Gasteiger charge is 1.95. The van der Waals surface area contributed by atoms with Crippen LogP contribution in [0.1, 0.15) is 39.1 Å². The van der Waals surface area contributed by atoms with E-state index in [1.165, 1.54) is 0 Å².